The van der Waals surface area contributed by atoms with Crippen LogP contribution in [0, 0.1) is 17.5 Å². The average molecular weight is 404 g/mol. The molecule has 0 radical (unpaired) electrons. The van der Waals surface area contributed by atoms with E-state index in [1.54, 1.807) is 28.8 Å². The van der Waals surface area contributed by atoms with Crippen molar-refractivity contribution < 1.29 is 18.0 Å². The first-order chi connectivity index (χ1) is 13.5. The Balaban J connectivity index is 1.75. The number of aromatic nitrogens is 3. The minimum absolute atomic E-state index is 0.123. The second kappa shape index (κ2) is 8.75. The SMILES string of the molecule is C=CCn1c(SCC(=O)Nc2cc(F)ccc2F)nnc1-c1ccccc1F. The fourth-order valence-corrected chi connectivity index (χ4v) is 3.19. The molecule has 144 valence electrons. The minimum Gasteiger partial charge on any atom is -0.323 e. The van der Waals surface area contributed by atoms with Gasteiger partial charge < -0.3 is 5.32 Å². The standard InChI is InChI=1S/C19H15F3N4OS/c1-2-9-26-18(13-5-3-4-6-14(13)21)24-25-19(26)28-11-17(27)23-16-10-12(20)7-8-15(16)22/h2-8,10H,1,9,11H2,(H,23,27). The molecule has 5 nitrogen and oxygen atoms in total. The highest BCUT2D eigenvalue weighted by molar-refractivity contribution is 7.99. The highest BCUT2D eigenvalue weighted by Gasteiger charge is 2.17. The predicted octanol–water partition coefficient (Wildman–Crippen LogP) is 4.28. The number of carbonyl (C=O) groups is 1. The van der Waals surface area contributed by atoms with Gasteiger partial charge in [0.05, 0.1) is 17.0 Å². The van der Waals surface area contributed by atoms with Gasteiger partial charge >= 0.3 is 0 Å². The molecule has 0 saturated heterocycles. The van der Waals surface area contributed by atoms with Crippen LogP contribution in [-0.2, 0) is 11.3 Å². The number of thioether (sulfide) groups is 1. The summed E-state index contributed by atoms with van der Waals surface area (Å²) in [5.74, 6) is -2.22. The minimum atomic E-state index is -0.739. The molecule has 1 heterocycles. The van der Waals surface area contributed by atoms with Crippen molar-refractivity contribution in [2.24, 2.45) is 0 Å². The summed E-state index contributed by atoms with van der Waals surface area (Å²) in [6.07, 6.45) is 1.60. The van der Waals surface area contributed by atoms with E-state index < -0.39 is 23.4 Å². The molecule has 3 rings (SSSR count). The Labute approximate surface area is 163 Å². The Morgan fingerprint density at radius 2 is 1.93 bits per heavy atom. The topological polar surface area (TPSA) is 59.8 Å². The van der Waals surface area contributed by atoms with Gasteiger partial charge in [-0.15, -0.1) is 16.8 Å². The zero-order valence-electron chi connectivity index (χ0n) is 14.5. The predicted molar refractivity (Wildman–Crippen MR) is 101 cm³/mol. The van der Waals surface area contributed by atoms with E-state index in [0.29, 0.717) is 17.5 Å². The van der Waals surface area contributed by atoms with E-state index in [0.717, 1.165) is 30.0 Å². The van der Waals surface area contributed by atoms with Crippen molar-refractivity contribution in [1.29, 1.82) is 0 Å². The number of rotatable bonds is 7. The zero-order valence-corrected chi connectivity index (χ0v) is 15.3. The van der Waals surface area contributed by atoms with E-state index in [9.17, 15) is 18.0 Å². The lowest BCUT2D eigenvalue weighted by Gasteiger charge is -2.09. The van der Waals surface area contributed by atoms with Crippen LogP contribution in [0.3, 0.4) is 0 Å². The third-order valence-corrected chi connectivity index (χ3v) is 4.64. The van der Waals surface area contributed by atoms with Crippen LogP contribution in [0.1, 0.15) is 0 Å². The van der Waals surface area contributed by atoms with Gasteiger partial charge in [0, 0.05) is 12.6 Å². The molecule has 0 unspecified atom stereocenters. The lowest BCUT2D eigenvalue weighted by molar-refractivity contribution is -0.113. The van der Waals surface area contributed by atoms with Crippen LogP contribution in [0.25, 0.3) is 11.4 Å². The number of hydrogen-bond donors (Lipinski definition) is 1. The van der Waals surface area contributed by atoms with Crippen LogP contribution < -0.4 is 5.32 Å². The quantitative estimate of drug-likeness (QED) is 0.472. The van der Waals surface area contributed by atoms with Crippen molar-refractivity contribution in [1.82, 2.24) is 14.8 Å². The molecule has 9 heteroatoms. The summed E-state index contributed by atoms with van der Waals surface area (Å²) in [4.78, 5) is 12.1. The van der Waals surface area contributed by atoms with Gasteiger partial charge in [0.15, 0.2) is 11.0 Å². The van der Waals surface area contributed by atoms with E-state index in [1.165, 1.54) is 6.07 Å². The summed E-state index contributed by atoms with van der Waals surface area (Å²) < 4.78 is 42.5. The first-order valence-corrected chi connectivity index (χ1v) is 9.15. The van der Waals surface area contributed by atoms with Gasteiger partial charge in [-0.3, -0.25) is 9.36 Å². The van der Waals surface area contributed by atoms with Gasteiger partial charge in [-0.1, -0.05) is 30.0 Å². The molecule has 0 atom stereocenters. The van der Waals surface area contributed by atoms with Crippen LogP contribution in [-0.4, -0.2) is 26.4 Å². The van der Waals surface area contributed by atoms with Crippen LogP contribution in [0.4, 0.5) is 18.9 Å². The highest BCUT2D eigenvalue weighted by atomic mass is 32.2. The molecule has 2 aromatic carbocycles. The molecule has 0 spiro atoms. The van der Waals surface area contributed by atoms with E-state index in [-0.39, 0.29) is 17.0 Å². The van der Waals surface area contributed by atoms with Gasteiger partial charge in [0.1, 0.15) is 17.5 Å². The first kappa shape index (κ1) is 19.7. The van der Waals surface area contributed by atoms with Crippen molar-refractivity contribution >= 4 is 23.4 Å². The Morgan fingerprint density at radius 3 is 2.68 bits per heavy atom. The molecule has 0 aliphatic heterocycles. The monoisotopic (exact) mass is 404 g/mol. The molecular formula is C19H15F3N4OS. The summed E-state index contributed by atoms with van der Waals surface area (Å²) in [5, 5.41) is 10.7. The number of anilines is 1. The van der Waals surface area contributed by atoms with Crippen LogP contribution in [0.5, 0.6) is 0 Å². The van der Waals surface area contributed by atoms with Crippen LogP contribution >= 0.6 is 11.8 Å². The molecule has 3 aromatic rings. The van der Waals surface area contributed by atoms with E-state index >= 15 is 0 Å². The summed E-state index contributed by atoms with van der Waals surface area (Å²) in [5.41, 5.74) is 0.0280. The summed E-state index contributed by atoms with van der Waals surface area (Å²) >= 11 is 1.04. The Bertz CT molecular complexity index is 1020. The van der Waals surface area contributed by atoms with Crippen molar-refractivity contribution in [3.63, 3.8) is 0 Å². The molecule has 0 saturated carbocycles. The van der Waals surface area contributed by atoms with Gasteiger partial charge in [0.2, 0.25) is 5.91 Å². The number of benzene rings is 2. The van der Waals surface area contributed by atoms with E-state index in [4.69, 9.17) is 0 Å². The molecule has 28 heavy (non-hydrogen) atoms. The maximum atomic E-state index is 14.1. The second-order valence-corrected chi connectivity index (χ2v) is 6.59. The van der Waals surface area contributed by atoms with E-state index in [2.05, 4.69) is 22.1 Å². The number of nitrogens with zero attached hydrogens (tertiary/aromatic N) is 3. The molecule has 0 aliphatic carbocycles. The summed E-state index contributed by atoms with van der Waals surface area (Å²) in [6.45, 7) is 3.97. The summed E-state index contributed by atoms with van der Waals surface area (Å²) in [7, 11) is 0. The van der Waals surface area contributed by atoms with Crippen LogP contribution in [0.2, 0.25) is 0 Å². The third-order valence-electron chi connectivity index (χ3n) is 3.68. The second-order valence-electron chi connectivity index (χ2n) is 5.65. The highest BCUT2D eigenvalue weighted by Crippen LogP contribution is 2.26. The normalized spacial score (nSPS) is 10.7. The van der Waals surface area contributed by atoms with Crippen LogP contribution in [0.15, 0.2) is 60.3 Å². The van der Waals surface area contributed by atoms with Crippen molar-refractivity contribution in [3.05, 3.63) is 72.6 Å². The number of nitrogens with one attached hydrogen (secondary N) is 1. The molecule has 0 fully saturated rings. The molecule has 1 amide bonds. The fourth-order valence-electron chi connectivity index (χ4n) is 2.44. The zero-order chi connectivity index (χ0) is 20.1. The molecular weight excluding hydrogens is 389 g/mol. The summed E-state index contributed by atoms with van der Waals surface area (Å²) in [6, 6.07) is 8.93. The Morgan fingerprint density at radius 1 is 1.14 bits per heavy atom. The lowest BCUT2D eigenvalue weighted by atomic mass is 10.2. The molecule has 1 N–H and O–H groups in total. The largest absolute Gasteiger partial charge is 0.323 e. The van der Waals surface area contributed by atoms with Crippen molar-refractivity contribution in [2.75, 3.05) is 11.1 Å². The molecule has 1 aromatic heterocycles. The Hall–Kier alpha value is -3.07. The average Bonchev–Trinajstić information content (AvgIpc) is 3.06. The number of halogens is 3. The van der Waals surface area contributed by atoms with Gasteiger partial charge in [-0.25, -0.2) is 13.2 Å². The lowest BCUT2D eigenvalue weighted by Crippen LogP contribution is -2.16. The van der Waals surface area contributed by atoms with Gasteiger partial charge in [-0.2, -0.15) is 0 Å². The number of carbonyl (C=O) groups excluding carboxylic acids is 1. The van der Waals surface area contributed by atoms with E-state index in [1.807, 2.05) is 0 Å². The maximum Gasteiger partial charge on any atom is 0.234 e. The smallest absolute Gasteiger partial charge is 0.234 e. The van der Waals surface area contributed by atoms with Gasteiger partial charge in [-0.05, 0) is 24.3 Å². The number of allylic oxidation sites excluding steroid dienone is 1. The van der Waals surface area contributed by atoms with Crippen molar-refractivity contribution in [2.45, 2.75) is 11.7 Å². The van der Waals surface area contributed by atoms with Crippen molar-refractivity contribution in [3.8, 4) is 11.4 Å². The number of amides is 1. The molecule has 0 bridgehead atoms. The fraction of sp³-hybridized carbons (Fsp3) is 0.105. The molecule has 0 aliphatic rings. The Kier molecular flexibility index (Phi) is 6.15. The van der Waals surface area contributed by atoms with Gasteiger partial charge in [0.25, 0.3) is 0 Å². The maximum absolute atomic E-state index is 14.1. The third kappa shape index (κ3) is 4.42. The number of hydrogen-bond acceptors (Lipinski definition) is 4. The first-order valence-electron chi connectivity index (χ1n) is 8.16.